The second-order valence-corrected chi connectivity index (χ2v) is 8.83. The Kier molecular flexibility index (Phi) is 5.97. The maximum Gasteiger partial charge on any atom is 0.263 e. The predicted molar refractivity (Wildman–Crippen MR) is 121 cm³/mol. The Hall–Kier alpha value is -2.57. The number of ether oxygens (including phenoxy) is 1. The molecule has 2 aromatic carbocycles. The molecule has 0 unspecified atom stereocenters. The summed E-state index contributed by atoms with van der Waals surface area (Å²) in [6.07, 6.45) is 0.467. The molecule has 0 atom stereocenters. The largest absolute Gasteiger partial charge is 0.493 e. The first-order valence-corrected chi connectivity index (χ1v) is 10.8. The zero-order chi connectivity index (χ0) is 21.3. The molecule has 0 aliphatic carbocycles. The number of fused-ring (bicyclic) bond motifs is 1. The molecule has 30 heavy (non-hydrogen) atoms. The minimum Gasteiger partial charge on any atom is -0.493 e. The second-order valence-electron chi connectivity index (χ2n) is 7.48. The van der Waals surface area contributed by atoms with E-state index in [0.717, 1.165) is 26.8 Å². The van der Waals surface area contributed by atoms with E-state index >= 15 is 0 Å². The number of ketones is 1. The van der Waals surface area contributed by atoms with Crippen molar-refractivity contribution in [3.05, 3.63) is 80.9 Å². The highest BCUT2D eigenvalue weighted by atomic mass is 79.9. The van der Waals surface area contributed by atoms with Crippen LogP contribution in [0, 0.1) is 5.92 Å². The topological polar surface area (TPSA) is 68.1 Å². The molecule has 0 saturated heterocycles. The number of nitrogens with one attached hydrogen (secondary N) is 1. The monoisotopic (exact) mass is 486 g/mol. The Balaban J connectivity index is 1.55. The lowest BCUT2D eigenvalue weighted by atomic mass is 10.1. The van der Waals surface area contributed by atoms with Gasteiger partial charge in [-0.1, -0.05) is 41.4 Å². The molecule has 4 aromatic rings. The van der Waals surface area contributed by atoms with Gasteiger partial charge in [0.1, 0.15) is 11.5 Å². The molecule has 4 rings (SSSR count). The summed E-state index contributed by atoms with van der Waals surface area (Å²) in [5.41, 5.74) is 2.41. The number of nitrogens with zero attached hydrogens (tertiary/aromatic N) is 1. The molecule has 1 N–H and O–H groups in total. The molecule has 5 nitrogen and oxygen atoms in total. The Morgan fingerprint density at radius 2 is 2.03 bits per heavy atom. The summed E-state index contributed by atoms with van der Waals surface area (Å²) >= 11 is 9.59. The van der Waals surface area contributed by atoms with Crippen LogP contribution in [0.4, 0.5) is 0 Å². The lowest BCUT2D eigenvalue weighted by Gasteiger charge is -2.13. The van der Waals surface area contributed by atoms with Crippen molar-refractivity contribution in [3.8, 4) is 5.75 Å². The van der Waals surface area contributed by atoms with Gasteiger partial charge >= 0.3 is 0 Å². The average Bonchev–Trinajstić information content (AvgIpc) is 3.33. The maximum atomic E-state index is 12.8. The molecule has 0 radical (unpaired) electrons. The SMILES string of the molecule is CC(C)COc1ccc(Cl)cc1Cc1ccc(C(=O)c2nc3ccc(Br)cc3[nH]2)o1. The molecule has 0 amide bonds. The summed E-state index contributed by atoms with van der Waals surface area (Å²) in [6.45, 7) is 4.80. The van der Waals surface area contributed by atoms with E-state index < -0.39 is 0 Å². The fourth-order valence-electron chi connectivity index (χ4n) is 3.07. The van der Waals surface area contributed by atoms with Crippen LogP contribution in [0.2, 0.25) is 5.02 Å². The van der Waals surface area contributed by atoms with Crippen molar-refractivity contribution in [3.63, 3.8) is 0 Å². The first-order valence-electron chi connectivity index (χ1n) is 9.59. The van der Waals surface area contributed by atoms with Gasteiger partial charge < -0.3 is 14.1 Å². The highest BCUT2D eigenvalue weighted by Gasteiger charge is 2.19. The standard InChI is InChI=1S/C23H20BrClN2O3/c1-13(2)12-29-20-7-4-16(25)9-14(20)10-17-5-8-21(30-17)22(28)23-26-18-6-3-15(24)11-19(18)27-23/h3-9,11,13H,10,12H2,1-2H3,(H,26,27). The van der Waals surface area contributed by atoms with Crippen LogP contribution in [-0.2, 0) is 6.42 Å². The van der Waals surface area contributed by atoms with E-state index in [1.807, 2.05) is 30.3 Å². The number of hydrogen-bond donors (Lipinski definition) is 1. The van der Waals surface area contributed by atoms with E-state index in [-0.39, 0.29) is 17.4 Å². The van der Waals surface area contributed by atoms with Crippen LogP contribution >= 0.6 is 27.5 Å². The number of carbonyl (C=O) groups is 1. The van der Waals surface area contributed by atoms with Crippen LogP contribution in [0.5, 0.6) is 5.75 Å². The summed E-state index contributed by atoms with van der Waals surface area (Å²) in [6, 6.07) is 14.6. The number of aromatic amines is 1. The third-order valence-electron chi connectivity index (χ3n) is 4.50. The molecule has 0 bridgehead atoms. The summed E-state index contributed by atoms with van der Waals surface area (Å²) in [7, 11) is 0. The smallest absolute Gasteiger partial charge is 0.263 e. The molecule has 0 saturated carbocycles. The zero-order valence-corrected chi connectivity index (χ0v) is 18.9. The maximum absolute atomic E-state index is 12.8. The number of furan rings is 1. The van der Waals surface area contributed by atoms with Crippen molar-refractivity contribution in [1.29, 1.82) is 0 Å². The van der Waals surface area contributed by atoms with E-state index in [4.69, 9.17) is 20.8 Å². The predicted octanol–water partition coefficient (Wildman–Crippen LogP) is 6.43. The molecule has 2 aromatic heterocycles. The van der Waals surface area contributed by atoms with Gasteiger partial charge in [-0.05, 0) is 54.4 Å². The number of imidazole rings is 1. The molecule has 0 aliphatic rings. The van der Waals surface area contributed by atoms with Crippen LogP contribution in [0.1, 0.15) is 41.6 Å². The van der Waals surface area contributed by atoms with Gasteiger partial charge in [-0.25, -0.2) is 4.98 Å². The number of halogens is 2. The minimum atomic E-state index is -0.295. The summed E-state index contributed by atoms with van der Waals surface area (Å²) in [5, 5.41) is 0.623. The number of carbonyl (C=O) groups excluding carboxylic acids is 1. The van der Waals surface area contributed by atoms with E-state index in [9.17, 15) is 4.79 Å². The number of H-pyrrole nitrogens is 1. The Morgan fingerprint density at radius 1 is 1.20 bits per heavy atom. The highest BCUT2D eigenvalue weighted by Crippen LogP contribution is 2.27. The summed E-state index contributed by atoms with van der Waals surface area (Å²) in [5.74, 6) is 2.00. The van der Waals surface area contributed by atoms with Gasteiger partial charge in [0.15, 0.2) is 11.6 Å². The van der Waals surface area contributed by atoms with E-state index in [2.05, 4.69) is 39.7 Å². The van der Waals surface area contributed by atoms with Crippen molar-refractivity contribution in [2.24, 2.45) is 5.92 Å². The highest BCUT2D eigenvalue weighted by molar-refractivity contribution is 9.10. The van der Waals surface area contributed by atoms with Gasteiger partial charge in [-0.3, -0.25) is 4.79 Å². The van der Waals surface area contributed by atoms with E-state index in [1.54, 1.807) is 18.2 Å². The van der Waals surface area contributed by atoms with Gasteiger partial charge in [-0.15, -0.1) is 0 Å². The molecule has 7 heteroatoms. The molecule has 154 valence electrons. The quantitative estimate of drug-likeness (QED) is 0.305. The summed E-state index contributed by atoms with van der Waals surface area (Å²) in [4.78, 5) is 20.2. The van der Waals surface area contributed by atoms with E-state index in [1.165, 1.54) is 0 Å². The second kappa shape index (κ2) is 8.66. The Bertz CT molecular complexity index is 1210. The fourth-order valence-corrected chi connectivity index (χ4v) is 3.63. The minimum absolute atomic E-state index is 0.231. The number of hydrogen-bond acceptors (Lipinski definition) is 4. The number of benzene rings is 2. The van der Waals surface area contributed by atoms with Crippen LogP contribution in [0.3, 0.4) is 0 Å². The number of aromatic nitrogens is 2. The van der Waals surface area contributed by atoms with Crippen LogP contribution in [-0.4, -0.2) is 22.4 Å². The third-order valence-corrected chi connectivity index (χ3v) is 5.23. The molecular formula is C23H20BrClN2O3. The van der Waals surface area contributed by atoms with Gasteiger partial charge in [-0.2, -0.15) is 0 Å². The van der Waals surface area contributed by atoms with Crippen LogP contribution in [0.25, 0.3) is 11.0 Å². The van der Waals surface area contributed by atoms with E-state index in [0.29, 0.717) is 29.7 Å². The molecule has 0 aliphatic heterocycles. The molecule has 2 heterocycles. The van der Waals surface area contributed by atoms with Crippen molar-refractivity contribution in [2.45, 2.75) is 20.3 Å². The third kappa shape index (κ3) is 4.60. The summed E-state index contributed by atoms with van der Waals surface area (Å²) < 4.78 is 12.6. The number of rotatable bonds is 7. The van der Waals surface area contributed by atoms with Crippen molar-refractivity contribution >= 4 is 44.3 Å². The Morgan fingerprint density at radius 3 is 2.83 bits per heavy atom. The first-order chi connectivity index (χ1) is 14.4. The zero-order valence-electron chi connectivity index (χ0n) is 16.5. The first kappa shape index (κ1) is 20.7. The molecule has 0 spiro atoms. The van der Waals surface area contributed by atoms with Gasteiger partial charge in [0.2, 0.25) is 0 Å². The van der Waals surface area contributed by atoms with Gasteiger partial charge in [0, 0.05) is 21.5 Å². The molecular weight excluding hydrogens is 468 g/mol. The van der Waals surface area contributed by atoms with Crippen LogP contribution < -0.4 is 4.74 Å². The normalized spacial score (nSPS) is 11.4. The van der Waals surface area contributed by atoms with Crippen LogP contribution in [0.15, 0.2) is 57.4 Å². The lowest BCUT2D eigenvalue weighted by molar-refractivity contribution is 0.0999. The fraction of sp³-hybridized carbons (Fsp3) is 0.217. The van der Waals surface area contributed by atoms with Gasteiger partial charge in [0.25, 0.3) is 5.78 Å². The van der Waals surface area contributed by atoms with Crippen molar-refractivity contribution < 1.29 is 13.9 Å². The van der Waals surface area contributed by atoms with Crippen molar-refractivity contribution in [1.82, 2.24) is 9.97 Å². The van der Waals surface area contributed by atoms with Crippen molar-refractivity contribution in [2.75, 3.05) is 6.61 Å². The average molecular weight is 488 g/mol. The molecule has 0 fully saturated rings. The Labute approximate surface area is 187 Å². The lowest BCUT2D eigenvalue weighted by Crippen LogP contribution is -2.06. The van der Waals surface area contributed by atoms with Gasteiger partial charge in [0.05, 0.1) is 17.6 Å².